The van der Waals surface area contributed by atoms with E-state index < -0.39 is 11.1 Å². The minimum absolute atomic E-state index is 0.205. The second-order valence-corrected chi connectivity index (χ2v) is 9.54. The highest BCUT2D eigenvalue weighted by Gasteiger charge is 2.20. The van der Waals surface area contributed by atoms with Crippen LogP contribution < -0.4 is 8.92 Å². The van der Waals surface area contributed by atoms with Crippen molar-refractivity contribution < 1.29 is 17.9 Å². The van der Waals surface area contributed by atoms with Crippen molar-refractivity contribution in [2.24, 2.45) is 0 Å². The first-order valence-corrected chi connectivity index (χ1v) is 13.3. The molecule has 0 aromatic heterocycles. The second kappa shape index (κ2) is 15.4. The van der Waals surface area contributed by atoms with E-state index in [2.05, 4.69) is 6.92 Å². The quantitative estimate of drug-likeness (QED) is 0.145. The average Bonchev–Trinajstić information content (AvgIpc) is 3.10. The topological polar surface area (TPSA) is 52.6 Å². The summed E-state index contributed by atoms with van der Waals surface area (Å²) in [5.74, 6) is 1.23. The second-order valence-electron chi connectivity index (χ2n) is 8.47. The fraction of sp³-hybridized carbons (Fsp3) is 0.720. The van der Waals surface area contributed by atoms with Gasteiger partial charge >= 0.3 is 5.97 Å². The molecule has 0 spiro atoms. The molecule has 1 aliphatic rings. The Morgan fingerprint density at radius 1 is 0.867 bits per heavy atom. The standard InChI is InChI=1S/C25H40O4S/c1-2-3-4-5-6-7-8-9-10-11-12-13-14-15-16-17-25(26)28-23-19-18-22-21-30(27)29-24(22)20-23/h18-20H,2-17,21H2,1H3. The van der Waals surface area contributed by atoms with Crippen LogP contribution in [0.3, 0.4) is 0 Å². The van der Waals surface area contributed by atoms with Gasteiger partial charge < -0.3 is 8.92 Å². The van der Waals surface area contributed by atoms with Gasteiger partial charge in [0.2, 0.25) is 11.1 Å². The molecule has 0 N–H and O–H groups in total. The normalized spacial score (nSPS) is 15.0. The lowest BCUT2D eigenvalue weighted by atomic mass is 10.0. The zero-order valence-corrected chi connectivity index (χ0v) is 19.6. The van der Waals surface area contributed by atoms with Crippen LogP contribution in [0.2, 0.25) is 0 Å². The Balaban J connectivity index is 1.37. The van der Waals surface area contributed by atoms with Crippen LogP contribution in [-0.2, 0) is 21.6 Å². The summed E-state index contributed by atoms with van der Waals surface area (Å²) in [6, 6.07) is 5.22. The number of fused-ring (bicyclic) bond motifs is 1. The molecule has 30 heavy (non-hydrogen) atoms. The van der Waals surface area contributed by atoms with E-state index in [4.69, 9.17) is 8.92 Å². The molecule has 0 saturated carbocycles. The van der Waals surface area contributed by atoms with Crippen LogP contribution in [0.4, 0.5) is 0 Å². The van der Waals surface area contributed by atoms with E-state index in [-0.39, 0.29) is 5.97 Å². The molecule has 2 rings (SSSR count). The summed E-state index contributed by atoms with van der Waals surface area (Å²) in [6.45, 7) is 2.27. The summed E-state index contributed by atoms with van der Waals surface area (Å²) < 4.78 is 22.0. The van der Waals surface area contributed by atoms with Crippen molar-refractivity contribution in [2.75, 3.05) is 0 Å². The van der Waals surface area contributed by atoms with Gasteiger partial charge in [-0.3, -0.25) is 4.79 Å². The van der Waals surface area contributed by atoms with Crippen molar-refractivity contribution in [3.63, 3.8) is 0 Å². The smallest absolute Gasteiger partial charge is 0.311 e. The third kappa shape index (κ3) is 10.6. The minimum atomic E-state index is -1.30. The van der Waals surface area contributed by atoms with E-state index in [0.29, 0.717) is 23.7 Å². The first-order chi connectivity index (χ1) is 14.7. The van der Waals surface area contributed by atoms with Crippen molar-refractivity contribution in [1.29, 1.82) is 0 Å². The molecule has 1 aromatic carbocycles. The van der Waals surface area contributed by atoms with Crippen LogP contribution in [0.5, 0.6) is 11.5 Å². The maximum atomic E-state index is 12.0. The SMILES string of the molecule is CCCCCCCCCCCCCCCCCC(=O)Oc1ccc2c(c1)OS(=O)C2. The monoisotopic (exact) mass is 436 g/mol. The molecule has 1 atom stereocenters. The van der Waals surface area contributed by atoms with E-state index in [1.807, 2.05) is 6.07 Å². The van der Waals surface area contributed by atoms with Gasteiger partial charge in [-0.1, -0.05) is 103 Å². The fourth-order valence-electron chi connectivity index (χ4n) is 3.87. The van der Waals surface area contributed by atoms with Crippen molar-refractivity contribution >= 4 is 17.0 Å². The molecule has 5 heteroatoms. The highest BCUT2D eigenvalue weighted by Crippen LogP contribution is 2.31. The lowest BCUT2D eigenvalue weighted by molar-refractivity contribution is -0.134. The van der Waals surface area contributed by atoms with Crippen LogP contribution in [0, 0.1) is 0 Å². The zero-order chi connectivity index (χ0) is 21.4. The van der Waals surface area contributed by atoms with Gasteiger partial charge in [0.15, 0.2) is 0 Å². The summed E-state index contributed by atoms with van der Waals surface area (Å²) in [7, 11) is 0. The number of ether oxygens (including phenoxy) is 1. The van der Waals surface area contributed by atoms with Crippen molar-refractivity contribution in [3.8, 4) is 11.5 Å². The molecular formula is C25H40O4S. The largest absolute Gasteiger partial charge is 0.426 e. The average molecular weight is 437 g/mol. The molecule has 0 radical (unpaired) electrons. The van der Waals surface area contributed by atoms with Gasteiger partial charge in [-0.15, -0.1) is 0 Å². The third-order valence-electron chi connectivity index (χ3n) is 5.71. The van der Waals surface area contributed by atoms with Gasteiger partial charge in [0.05, 0.1) is 5.75 Å². The number of carbonyl (C=O) groups is 1. The molecular weight excluding hydrogens is 396 g/mol. The van der Waals surface area contributed by atoms with Crippen LogP contribution in [0.25, 0.3) is 0 Å². The van der Waals surface area contributed by atoms with E-state index in [1.165, 1.54) is 83.5 Å². The molecule has 170 valence electrons. The Hall–Kier alpha value is -1.36. The number of unbranched alkanes of at least 4 members (excludes halogenated alkanes) is 14. The van der Waals surface area contributed by atoms with Gasteiger partial charge in [-0.05, 0) is 12.5 Å². The highest BCUT2D eigenvalue weighted by atomic mass is 32.2. The van der Waals surface area contributed by atoms with Gasteiger partial charge in [0.1, 0.15) is 11.5 Å². The van der Waals surface area contributed by atoms with E-state index in [9.17, 15) is 9.00 Å². The lowest BCUT2D eigenvalue weighted by Crippen LogP contribution is -2.07. The summed E-state index contributed by atoms with van der Waals surface area (Å²) in [6.07, 6.45) is 20.1. The Kier molecular flexibility index (Phi) is 12.8. The molecule has 1 heterocycles. The van der Waals surface area contributed by atoms with Gasteiger partial charge in [0.25, 0.3) is 0 Å². The highest BCUT2D eigenvalue weighted by molar-refractivity contribution is 7.80. The summed E-state index contributed by atoms with van der Waals surface area (Å²) in [5, 5.41) is 0. The number of hydrogen-bond acceptors (Lipinski definition) is 4. The molecule has 0 aliphatic carbocycles. The van der Waals surface area contributed by atoms with Gasteiger partial charge in [-0.25, -0.2) is 4.21 Å². The van der Waals surface area contributed by atoms with Crippen molar-refractivity contribution in [3.05, 3.63) is 23.8 Å². The van der Waals surface area contributed by atoms with Crippen LogP contribution in [-0.4, -0.2) is 10.2 Å². The molecule has 1 aromatic rings. The number of hydrogen-bond donors (Lipinski definition) is 0. The summed E-state index contributed by atoms with van der Waals surface area (Å²) >= 11 is -1.30. The Morgan fingerprint density at radius 3 is 1.97 bits per heavy atom. The maximum absolute atomic E-state index is 12.0. The molecule has 1 unspecified atom stereocenters. The van der Waals surface area contributed by atoms with Gasteiger partial charge in [-0.2, -0.15) is 0 Å². The predicted octanol–water partition coefficient (Wildman–Crippen LogP) is 7.41. The Morgan fingerprint density at radius 2 is 1.40 bits per heavy atom. The Bertz CT molecular complexity index is 644. The fourth-order valence-corrected chi connectivity index (χ4v) is 4.78. The molecule has 4 nitrogen and oxygen atoms in total. The van der Waals surface area contributed by atoms with E-state index in [0.717, 1.165) is 18.4 Å². The molecule has 0 fully saturated rings. The minimum Gasteiger partial charge on any atom is -0.426 e. The lowest BCUT2D eigenvalue weighted by Gasteiger charge is -2.06. The maximum Gasteiger partial charge on any atom is 0.311 e. The first-order valence-electron chi connectivity index (χ1n) is 12.1. The van der Waals surface area contributed by atoms with Crippen molar-refractivity contribution in [1.82, 2.24) is 0 Å². The number of benzene rings is 1. The van der Waals surface area contributed by atoms with Crippen LogP contribution in [0.15, 0.2) is 18.2 Å². The predicted molar refractivity (Wildman–Crippen MR) is 124 cm³/mol. The van der Waals surface area contributed by atoms with Crippen LogP contribution >= 0.6 is 0 Å². The molecule has 0 bridgehead atoms. The summed E-state index contributed by atoms with van der Waals surface area (Å²) in [5.41, 5.74) is 0.899. The Labute approximate surface area is 185 Å². The van der Waals surface area contributed by atoms with E-state index >= 15 is 0 Å². The van der Waals surface area contributed by atoms with Gasteiger partial charge in [0, 0.05) is 18.1 Å². The molecule has 0 saturated heterocycles. The number of rotatable bonds is 17. The third-order valence-corrected chi connectivity index (χ3v) is 6.62. The molecule has 1 aliphatic heterocycles. The van der Waals surface area contributed by atoms with Crippen molar-refractivity contribution in [2.45, 2.75) is 115 Å². The first kappa shape index (κ1) is 24.9. The van der Waals surface area contributed by atoms with Crippen LogP contribution in [0.1, 0.15) is 115 Å². The number of esters is 1. The number of carbonyl (C=O) groups excluding carboxylic acids is 1. The molecule has 0 amide bonds. The van der Waals surface area contributed by atoms with E-state index in [1.54, 1.807) is 12.1 Å². The summed E-state index contributed by atoms with van der Waals surface area (Å²) in [4.78, 5) is 12.0. The zero-order valence-electron chi connectivity index (χ0n) is 18.8.